The molecule has 2 aromatic heterocycles. The molecule has 0 aliphatic carbocycles. The molecule has 2 aromatic rings. The van der Waals surface area contributed by atoms with Crippen LogP contribution in [0.4, 0.5) is 0 Å². The third-order valence-electron chi connectivity index (χ3n) is 2.31. The second kappa shape index (κ2) is 5.07. The standard InChI is InChI=1S/C10H12N4O4/c1-16-8(15)7-12-10-11-5-4-6(14(10)13-7)9(17-2)18-3/h4-5,9H,1-3H3. The average molecular weight is 252 g/mol. The van der Waals surface area contributed by atoms with Crippen molar-refractivity contribution in [3.63, 3.8) is 0 Å². The summed E-state index contributed by atoms with van der Waals surface area (Å²) >= 11 is 0. The maximum Gasteiger partial charge on any atom is 0.378 e. The highest BCUT2D eigenvalue weighted by atomic mass is 16.7. The van der Waals surface area contributed by atoms with Gasteiger partial charge in [0.2, 0.25) is 6.29 Å². The monoisotopic (exact) mass is 252 g/mol. The number of nitrogens with zero attached hydrogens (tertiary/aromatic N) is 4. The zero-order valence-electron chi connectivity index (χ0n) is 10.2. The topological polar surface area (TPSA) is 87.8 Å². The van der Waals surface area contributed by atoms with Gasteiger partial charge in [0, 0.05) is 20.4 Å². The van der Waals surface area contributed by atoms with Crippen molar-refractivity contribution in [3.8, 4) is 0 Å². The second-order valence-corrected chi connectivity index (χ2v) is 3.31. The number of carbonyl (C=O) groups is 1. The Morgan fingerprint density at radius 2 is 2.06 bits per heavy atom. The first-order chi connectivity index (χ1) is 8.71. The molecule has 2 rings (SSSR count). The van der Waals surface area contributed by atoms with E-state index in [1.165, 1.54) is 32.0 Å². The summed E-state index contributed by atoms with van der Waals surface area (Å²) in [6.07, 6.45) is 0.911. The predicted molar refractivity (Wildman–Crippen MR) is 58.9 cm³/mol. The molecule has 0 atom stereocenters. The first-order valence-corrected chi connectivity index (χ1v) is 5.06. The van der Waals surface area contributed by atoms with Crippen molar-refractivity contribution in [3.05, 3.63) is 23.8 Å². The SMILES string of the molecule is COC(=O)c1nc2nccc(C(OC)OC)n2n1. The lowest BCUT2D eigenvalue weighted by Crippen LogP contribution is -2.11. The summed E-state index contributed by atoms with van der Waals surface area (Å²) in [5.74, 6) is -0.423. The number of rotatable bonds is 4. The van der Waals surface area contributed by atoms with Gasteiger partial charge in [0.1, 0.15) is 5.69 Å². The van der Waals surface area contributed by atoms with Crippen LogP contribution in [-0.2, 0) is 14.2 Å². The van der Waals surface area contributed by atoms with Crippen LogP contribution >= 0.6 is 0 Å². The lowest BCUT2D eigenvalue weighted by molar-refractivity contribution is -0.109. The minimum absolute atomic E-state index is 0.0663. The molecule has 8 nitrogen and oxygen atoms in total. The smallest absolute Gasteiger partial charge is 0.378 e. The van der Waals surface area contributed by atoms with Gasteiger partial charge >= 0.3 is 5.97 Å². The Hall–Kier alpha value is -2.06. The molecule has 0 saturated heterocycles. The van der Waals surface area contributed by atoms with E-state index < -0.39 is 12.3 Å². The molecule has 18 heavy (non-hydrogen) atoms. The zero-order valence-corrected chi connectivity index (χ0v) is 10.2. The summed E-state index contributed by atoms with van der Waals surface area (Å²) in [6, 6.07) is 1.67. The van der Waals surface area contributed by atoms with E-state index in [1.807, 2.05) is 0 Å². The molecule has 0 fully saturated rings. The van der Waals surface area contributed by atoms with Gasteiger partial charge in [-0.3, -0.25) is 0 Å². The number of hydrogen-bond donors (Lipinski definition) is 0. The van der Waals surface area contributed by atoms with Gasteiger partial charge in [0.25, 0.3) is 11.6 Å². The van der Waals surface area contributed by atoms with E-state index in [0.717, 1.165) is 0 Å². The highest BCUT2D eigenvalue weighted by molar-refractivity contribution is 5.85. The molecule has 0 radical (unpaired) electrons. The van der Waals surface area contributed by atoms with Gasteiger partial charge in [0.05, 0.1) is 7.11 Å². The quantitative estimate of drug-likeness (QED) is 0.567. The van der Waals surface area contributed by atoms with Gasteiger partial charge in [-0.05, 0) is 6.07 Å². The Morgan fingerprint density at radius 1 is 1.33 bits per heavy atom. The summed E-state index contributed by atoms with van der Waals surface area (Å²) in [7, 11) is 4.26. The molecule has 0 saturated carbocycles. The van der Waals surface area contributed by atoms with Crippen molar-refractivity contribution in [1.29, 1.82) is 0 Å². The Balaban J connectivity index is 2.55. The normalized spacial score (nSPS) is 11.1. The molecule has 0 aromatic carbocycles. The fourth-order valence-electron chi connectivity index (χ4n) is 1.51. The van der Waals surface area contributed by atoms with Crippen molar-refractivity contribution in [1.82, 2.24) is 19.6 Å². The Bertz CT molecular complexity index is 564. The molecule has 0 aliphatic rings. The highest BCUT2D eigenvalue weighted by Gasteiger charge is 2.19. The zero-order chi connectivity index (χ0) is 13.1. The van der Waals surface area contributed by atoms with Crippen molar-refractivity contribution >= 4 is 11.7 Å². The number of esters is 1. The molecule has 8 heteroatoms. The van der Waals surface area contributed by atoms with Crippen LogP contribution in [0, 0.1) is 0 Å². The van der Waals surface area contributed by atoms with Crippen LogP contribution in [0.15, 0.2) is 12.3 Å². The molecule has 0 N–H and O–H groups in total. The second-order valence-electron chi connectivity index (χ2n) is 3.31. The van der Waals surface area contributed by atoms with Crippen molar-refractivity contribution in [2.45, 2.75) is 6.29 Å². The van der Waals surface area contributed by atoms with E-state index in [0.29, 0.717) is 5.69 Å². The maximum absolute atomic E-state index is 11.4. The van der Waals surface area contributed by atoms with Crippen molar-refractivity contribution in [2.24, 2.45) is 0 Å². The van der Waals surface area contributed by atoms with E-state index in [1.54, 1.807) is 6.07 Å². The van der Waals surface area contributed by atoms with E-state index in [4.69, 9.17) is 9.47 Å². The van der Waals surface area contributed by atoms with Crippen LogP contribution in [0.2, 0.25) is 0 Å². The van der Waals surface area contributed by atoms with Gasteiger partial charge < -0.3 is 14.2 Å². The summed E-state index contributed by atoms with van der Waals surface area (Å²) in [5.41, 5.74) is 0.577. The van der Waals surface area contributed by atoms with Gasteiger partial charge in [-0.1, -0.05) is 0 Å². The van der Waals surface area contributed by atoms with E-state index >= 15 is 0 Å². The van der Waals surface area contributed by atoms with Crippen LogP contribution in [0.25, 0.3) is 5.78 Å². The molecule has 0 bridgehead atoms. The lowest BCUT2D eigenvalue weighted by Gasteiger charge is -2.13. The number of hydrogen-bond acceptors (Lipinski definition) is 7. The van der Waals surface area contributed by atoms with Crippen LogP contribution in [-0.4, -0.2) is 46.9 Å². The first kappa shape index (κ1) is 12.4. The van der Waals surface area contributed by atoms with E-state index in [9.17, 15) is 4.79 Å². The summed E-state index contributed by atoms with van der Waals surface area (Å²) in [4.78, 5) is 19.3. The minimum atomic E-state index is -0.627. The first-order valence-electron chi connectivity index (χ1n) is 5.06. The summed E-state index contributed by atoms with van der Waals surface area (Å²) < 4.78 is 16.2. The van der Waals surface area contributed by atoms with Crippen molar-refractivity contribution < 1.29 is 19.0 Å². The number of methoxy groups -OCH3 is 3. The van der Waals surface area contributed by atoms with Gasteiger partial charge in [-0.2, -0.15) is 9.50 Å². The third-order valence-corrected chi connectivity index (χ3v) is 2.31. The molecule has 0 aliphatic heterocycles. The number of ether oxygens (including phenoxy) is 3. The summed E-state index contributed by atoms with van der Waals surface area (Å²) in [5, 5.41) is 4.01. The average Bonchev–Trinajstić information content (AvgIpc) is 2.84. The number of carbonyl (C=O) groups excluding carboxylic acids is 1. The van der Waals surface area contributed by atoms with E-state index in [2.05, 4.69) is 19.8 Å². The van der Waals surface area contributed by atoms with Gasteiger partial charge in [-0.25, -0.2) is 9.78 Å². The van der Waals surface area contributed by atoms with Crippen LogP contribution < -0.4 is 0 Å². The number of fused-ring (bicyclic) bond motifs is 1. The summed E-state index contributed by atoms with van der Waals surface area (Å²) in [6.45, 7) is 0. The lowest BCUT2D eigenvalue weighted by atomic mass is 10.4. The Morgan fingerprint density at radius 3 is 2.67 bits per heavy atom. The fraction of sp³-hybridized carbons (Fsp3) is 0.400. The molecule has 96 valence electrons. The predicted octanol–water partition coefficient (Wildman–Crippen LogP) is 0.202. The molecule has 0 amide bonds. The van der Waals surface area contributed by atoms with Crippen LogP contribution in [0.1, 0.15) is 22.6 Å². The molecule has 2 heterocycles. The highest BCUT2D eigenvalue weighted by Crippen LogP contribution is 2.16. The van der Waals surface area contributed by atoms with Crippen LogP contribution in [0.3, 0.4) is 0 Å². The Kier molecular flexibility index (Phi) is 3.49. The van der Waals surface area contributed by atoms with Gasteiger partial charge in [0.15, 0.2) is 0 Å². The maximum atomic E-state index is 11.4. The third kappa shape index (κ3) is 2.03. The Labute approximate surface area is 103 Å². The van der Waals surface area contributed by atoms with Crippen molar-refractivity contribution in [2.75, 3.05) is 21.3 Å². The molecular formula is C10H12N4O4. The molecule has 0 unspecified atom stereocenters. The van der Waals surface area contributed by atoms with E-state index in [-0.39, 0.29) is 11.6 Å². The number of aromatic nitrogens is 4. The van der Waals surface area contributed by atoms with Crippen LogP contribution in [0.5, 0.6) is 0 Å². The largest absolute Gasteiger partial charge is 0.463 e. The molecule has 0 spiro atoms. The van der Waals surface area contributed by atoms with Gasteiger partial charge in [-0.15, -0.1) is 5.10 Å². The molecular weight excluding hydrogens is 240 g/mol. The minimum Gasteiger partial charge on any atom is -0.463 e. The fourth-order valence-corrected chi connectivity index (χ4v) is 1.51.